The number of hydrogen-bond donors (Lipinski definition) is 1. The van der Waals surface area contributed by atoms with E-state index in [4.69, 9.17) is 20.2 Å². The van der Waals surface area contributed by atoms with Gasteiger partial charge in [-0.1, -0.05) is 48.5 Å². The molecule has 210 valence electrons. The van der Waals surface area contributed by atoms with E-state index in [0.717, 1.165) is 48.2 Å². The number of hydrogen-bond acceptors (Lipinski definition) is 6. The average Bonchev–Trinajstić information content (AvgIpc) is 3.35. The molecule has 0 spiro atoms. The van der Waals surface area contributed by atoms with Gasteiger partial charge >= 0.3 is 5.97 Å². The molecule has 1 aromatic heterocycles. The predicted molar refractivity (Wildman–Crippen MR) is 156 cm³/mol. The highest BCUT2D eigenvalue weighted by atomic mass is 16.5. The van der Waals surface area contributed by atoms with E-state index >= 15 is 0 Å². The summed E-state index contributed by atoms with van der Waals surface area (Å²) in [6.07, 6.45) is 3.55. The second kappa shape index (κ2) is 12.6. The van der Waals surface area contributed by atoms with Crippen LogP contribution in [0.4, 0.5) is 0 Å². The Morgan fingerprint density at radius 2 is 1.90 bits per heavy atom. The molecule has 2 heterocycles. The molecule has 3 aromatic carbocycles. The fourth-order valence-corrected chi connectivity index (χ4v) is 5.89. The minimum atomic E-state index is -0.383. The highest BCUT2D eigenvalue weighted by Gasteiger charge is 2.30. The lowest BCUT2D eigenvalue weighted by Crippen LogP contribution is -2.42. The van der Waals surface area contributed by atoms with Crippen LogP contribution in [-0.2, 0) is 27.2 Å². The van der Waals surface area contributed by atoms with Crippen molar-refractivity contribution in [2.45, 2.75) is 50.6 Å². The number of carbonyl (C=O) groups excluding carboxylic acids is 2. The third kappa shape index (κ3) is 6.03. The fraction of sp³-hybridized carbons (Fsp3) is 0.406. The molecular weight excluding hydrogens is 504 g/mol. The number of benzene rings is 3. The summed E-state index contributed by atoms with van der Waals surface area (Å²) in [6, 6.07) is 19.9. The Bertz CT molecular complexity index is 1500. The molecule has 2 N–H and O–H groups in total. The monoisotopic (exact) mass is 542 g/mol. The van der Waals surface area contributed by atoms with Gasteiger partial charge in [0.05, 0.1) is 23.7 Å². The van der Waals surface area contributed by atoms with Crippen LogP contribution in [-0.4, -0.2) is 66.3 Å². The zero-order valence-electron chi connectivity index (χ0n) is 23.3. The zero-order valence-corrected chi connectivity index (χ0v) is 23.3. The summed E-state index contributed by atoms with van der Waals surface area (Å²) in [5.74, 6) is 0.663. The number of fused-ring (bicyclic) bond motifs is 2. The summed E-state index contributed by atoms with van der Waals surface area (Å²) in [4.78, 5) is 32.9. The summed E-state index contributed by atoms with van der Waals surface area (Å²) in [6.45, 7) is 2.57. The van der Waals surface area contributed by atoms with Gasteiger partial charge in [-0.05, 0) is 54.2 Å². The van der Waals surface area contributed by atoms with E-state index in [1.807, 2.05) is 29.2 Å². The molecule has 0 aliphatic carbocycles. The van der Waals surface area contributed by atoms with Crippen molar-refractivity contribution < 1.29 is 19.1 Å². The number of nitrogens with zero attached hydrogens (tertiary/aromatic N) is 3. The van der Waals surface area contributed by atoms with Gasteiger partial charge in [-0.25, -0.2) is 9.78 Å². The average molecular weight is 543 g/mol. The Morgan fingerprint density at radius 1 is 1.07 bits per heavy atom. The van der Waals surface area contributed by atoms with E-state index in [0.29, 0.717) is 38.1 Å². The van der Waals surface area contributed by atoms with Gasteiger partial charge in [-0.2, -0.15) is 0 Å². The van der Waals surface area contributed by atoms with Gasteiger partial charge in [0.15, 0.2) is 0 Å². The number of likely N-dealkylation sites (tertiary alicyclic amines) is 1. The molecule has 0 saturated carbocycles. The minimum absolute atomic E-state index is 0.0647. The lowest BCUT2D eigenvalue weighted by Gasteiger charge is -2.33. The Kier molecular flexibility index (Phi) is 8.77. The molecule has 0 radical (unpaired) electrons. The summed E-state index contributed by atoms with van der Waals surface area (Å²) in [7, 11) is 3.07. The lowest BCUT2D eigenvalue weighted by atomic mass is 9.95. The molecule has 8 heteroatoms. The van der Waals surface area contributed by atoms with Crippen LogP contribution in [0.1, 0.15) is 53.3 Å². The molecule has 2 atom stereocenters. The topological polar surface area (TPSA) is 99.7 Å². The van der Waals surface area contributed by atoms with Crippen LogP contribution in [0.15, 0.2) is 60.7 Å². The van der Waals surface area contributed by atoms with Crippen molar-refractivity contribution in [3.63, 3.8) is 0 Å². The van der Waals surface area contributed by atoms with Crippen LogP contribution in [0.2, 0.25) is 0 Å². The third-order valence-corrected chi connectivity index (χ3v) is 7.82. The number of methoxy groups -OCH3 is 2. The molecule has 4 aromatic rings. The van der Waals surface area contributed by atoms with Gasteiger partial charge in [-0.3, -0.25) is 4.79 Å². The standard InChI is InChI=1S/C32H38N4O4/c1-39-17-7-16-36-30-27(32(38)40-2)11-5-12-28(30)34-31(36)25-10-6-15-35(21-25)29(37)20-26(33)19-22-13-14-23-8-3-4-9-24(23)18-22/h3-5,8-9,11-14,18,25-26H,6-7,10,15-17,19-21,33H2,1-2H3. The fourth-order valence-electron chi connectivity index (χ4n) is 5.89. The predicted octanol–water partition coefficient (Wildman–Crippen LogP) is 4.68. The number of aryl methyl sites for hydroxylation is 1. The molecular formula is C32H38N4O4. The first-order valence-electron chi connectivity index (χ1n) is 14.1. The second-order valence-corrected chi connectivity index (χ2v) is 10.7. The molecule has 1 aliphatic rings. The molecule has 1 saturated heterocycles. The number of imidazole rings is 1. The highest BCUT2D eigenvalue weighted by Crippen LogP contribution is 2.31. The first-order chi connectivity index (χ1) is 19.5. The molecule has 40 heavy (non-hydrogen) atoms. The Labute approximate surface area is 235 Å². The number of carbonyl (C=O) groups is 2. The van der Waals surface area contributed by atoms with Crippen molar-refractivity contribution in [3.05, 3.63) is 77.6 Å². The molecule has 2 unspecified atom stereocenters. The summed E-state index contributed by atoms with van der Waals surface area (Å²) < 4.78 is 12.5. The lowest BCUT2D eigenvalue weighted by molar-refractivity contribution is -0.132. The van der Waals surface area contributed by atoms with Crippen LogP contribution in [0.25, 0.3) is 21.8 Å². The van der Waals surface area contributed by atoms with E-state index in [1.165, 1.54) is 17.9 Å². The number of esters is 1. The van der Waals surface area contributed by atoms with Crippen molar-refractivity contribution in [2.75, 3.05) is 33.9 Å². The van der Waals surface area contributed by atoms with Gasteiger partial charge in [0.2, 0.25) is 5.91 Å². The van der Waals surface area contributed by atoms with Gasteiger partial charge in [0.1, 0.15) is 5.82 Å². The molecule has 1 fully saturated rings. The van der Waals surface area contributed by atoms with E-state index in [-0.39, 0.29) is 23.8 Å². The van der Waals surface area contributed by atoms with E-state index < -0.39 is 0 Å². The van der Waals surface area contributed by atoms with Crippen LogP contribution in [0, 0.1) is 0 Å². The number of ether oxygens (including phenoxy) is 2. The number of amides is 1. The number of piperidine rings is 1. The van der Waals surface area contributed by atoms with E-state index in [1.54, 1.807) is 13.2 Å². The van der Waals surface area contributed by atoms with E-state index in [2.05, 4.69) is 34.9 Å². The molecule has 1 amide bonds. The van der Waals surface area contributed by atoms with Crippen molar-refractivity contribution in [2.24, 2.45) is 5.73 Å². The molecule has 8 nitrogen and oxygen atoms in total. The maximum Gasteiger partial charge on any atom is 0.340 e. The van der Waals surface area contributed by atoms with Gasteiger partial charge < -0.3 is 24.7 Å². The van der Waals surface area contributed by atoms with Crippen molar-refractivity contribution >= 4 is 33.7 Å². The van der Waals surface area contributed by atoms with Crippen LogP contribution >= 0.6 is 0 Å². The van der Waals surface area contributed by atoms with Crippen molar-refractivity contribution in [1.82, 2.24) is 14.5 Å². The largest absolute Gasteiger partial charge is 0.465 e. The van der Waals surface area contributed by atoms with Crippen molar-refractivity contribution in [1.29, 1.82) is 0 Å². The Hall–Kier alpha value is -3.75. The van der Waals surface area contributed by atoms with Crippen LogP contribution in [0.5, 0.6) is 0 Å². The Balaban J connectivity index is 1.32. The summed E-state index contributed by atoms with van der Waals surface area (Å²) in [5, 5.41) is 2.38. The molecule has 5 rings (SSSR count). The number of rotatable bonds is 10. The number of aromatic nitrogens is 2. The molecule has 0 bridgehead atoms. The number of nitrogens with two attached hydrogens (primary N) is 1. The van der Waals surface area contributed by atoms with Crippen LogP contribution < -0.4 is 5.73 Å². The first kappa shape index (κ1) is 27.8. The smallest absolute Gasteiger partial charge is 0.340 e. The maximum absolute atomic E-state index is 13.4. The van der Waals surface area contributed by atoms with Gasteiger partial charge in [0, 0.05) is 51.7 Å². The SMILES string of the molecule is COCCCn1c(C2CCCN(C(=O)CC(N)Cc3ccc4ccccc4c3)C2)nc2cccc(C(=O)OC)c21. The molecule has 1 aliphatic heterocycles. The van der Waals surface area contributed by atoms with E-state index in [9.17, 15) is 9.59 Å². The van der Waals surface area contributed by atoms with Crippen molar-refractivity contribution in [3.8, 4) is 0 Å². The maximum atomic E-state index is 13.4. The van der Waals surface area contributed by atoms with Gasteiger partial charge in [0.25, 0.3) is 0 Å². The van der Waals surface area contributed by atoms with Gasteiger partial charge in [-0.15, -0.1) is 0 Å². The third-order valence-electron chi connectivity index (χ3n) is 7.82. The highest BCUT2D eigenvalue weighted by molar-refractivity contribution is 6.02. The second-order valence-electron chi connectivity index (χ2n) is 10.7. The summed E-state index contributed by atoms with van der Waals surface area (Å²) >= 11 is 0. The quantitative estimate of drug-likeness (QED) is 0.231. The summed E-state index contributed by atoms with van der Waals surface area (Å²) in [5.41, 5.74) is 9.66. The minimum Gasteiger partial charge on any atom is -0.465 e. The normalized spacial score (nSPS) is 16.4. The Morgan fingerprint density at radius 3 is 2.70 bits per heavy atom. The first-order valence-corrected chi connectivity index (χ1v) is 14.1. The van der Waals surface area contributed by atoms with Crippen LogP contribution in [0.3, 0.4) is 0 Å². The number of para-hydroxylation sites is 1. The zero-order chi connectivity index (χ0) is 28.1.